The van der Waals surface area contributed by atoms with Crippen molar-refractivity contribution in [3.63, 3.8) is 0 Å². The van der Waals surface area contributed by atoms with Crippen LogP contribution in [-0.2, 0) is 0 Å². The van der Waals surface area contributed by atoms with Gasteiger partial charge in [0.05, 0.1) is 11.2 Å². The van der Waals surface area contributed by atoms with E-state index in [9.17, 15) is 0 Å². The van der Waals surface area contributed by atoms with Gasteiger partial charge >= 0.3 is 0 Å². The number of rotatable bonds is 2. The Morgan fingerprint density at radius 3 is 2.38 bits per heavy atom. The molecule has 0 aliphatic rings. The lowest BCUT2D eigenvalue weighted by molar-refractivity contribution is 1.43. The van der Waals surface area contributed by atoms with Crippen LogP contribution in [0.5, 0.6) is 0 Å². The Hall–Kier alpha value is -1.02. The van der Waals surface area contributed by atoms with Gasteiger partial charge < -0.3 is 0 Å². The first kappa shape index (κ1) is 10.1. The zero-order valence-corrected chi connectivity index (χ0v) is 8.75. The lowest BCUT2D eigenvalue weighted by Crippen LogP contribution is -1.81. The molecule has 0 bridgehead atoms. The summed E-state index contributed by atoms with van der Waals surface area (Å²) in [6.07, 6.45) is 1.97. The predicted molar refractivity (Wildman–Crippen MR) is 62.3 cm³/mol. The Balaban J connectivity index is 3.00. The molecular formula is C11H13NS. The lowest BCUT2D eigenvalue weighted by atomic mass is 10.1. The molecule has 2 heteroatoms. The maximum atomic E-state index is 4.14. The highest BCUT2D eigenvalue weighted by molar-refractivity contribution is 7.94. The average Bonchev–Trinajstić information content (AvgIpc) is 2.16. The van der Waals surface area contributed by atoms with Crippen molar-refractivity contribution in [2.24, 2.45) is 4.99 Å². The molecule has 0 fully saturated rings. The highest BCUT2D eigenvalue weighted by Gasteiger charge is 1.95. The van der Waals surface area contributed by atoms with Crippen molar-refractivity contribution in [2.45, 2.75) is 13.8 Å². The fourth-order valence-corrected chi connectivity index (χ4v) is 1.23. The average molecular weight is 191 g/mol. The molecule has 0 amide bonds. The zero-order chi connectivity index (χ0) is 9.68. The van der Waals surface area contributed by atoms with Crippen LogP contribution in [-0.4, -0.2) is 5.55 Å². The van der Waals surface area contributed by atoms with E-state index in [4.69, 9.17) is 0 Å². The topological polar surface area (TPSA) is 12.4 Å². The number of benzene rings is 1. The third-order valence-corrected chi connectivity index (χ3v) is 1.93. The van der Waals surface area contributed by atoms with Crippen molar-refractivity contribution in [1.29, 1.82) is 0 Å². The van der Waals surface area contributed by atoms with Crippen LogP contribution in [0.25, 0.3) is 5.70 Å². The maximum absolute atomic E-state index is 4.14. The molecule has 0 heterocycles. The molecule has 0 N–H and O–H groups in total. The van der Waals surface area contributed by atoms with Crippen LogP contribution < -0.4 is 0 Å². The molecule has 0 saturated heterocycles. The molecule has 0 aliphatic carbocycles. The summed E-state index contributed by atoms with van der Waals surface area (Å²) in [5.41, 5.74) is 4.84. The van der Waals surface area contributed by atoms with Gasteiger partial charge in [-0.1, -0.05) is 35.9 Å². The van der Waals surface area contributed by atoms with Gasteiger partial charge in [0, 0.05) is 0 Å². The number of nitrogens with zero attached hydrogens (tertiary/aromatic N) is 1. The molecule has 0 aliphatic heterocycles. The van der Waals surface area contributed by atoms with E-state index in [0.717, 1.165) is 11.3 Å². The first-order chi connectivity index (χ1) is 6.27. The minimum atomic E-state index is 0.954. The summed E-state index contributed by atoms with van der Waals surface area (Å²) >= 11 is 3.95. The first-order valence-corrected chi connectivity index (χ1v) is 4.69. The van der Waals surface area contributed by atoms with Crippen LogP contribution in [0.4, 0.5) is 0 Å². The van der Waals surface area contributed by atoms with E-state index in [0.29, 0.717) is 0 Å². The standard InChI is InChI=1S/C11H13NS/c1-3-11(12-8-13)10-6-4-9(2)5-7-10/h3-8H,1-2H3,(H,12,13)/b11-3-. The highest BCUT2D eigenvalue weighted by atomic mass is 32.1. The molecule has 1 aromatic rings. The van der Waals surface area contributed by atoms with E-state index in [2.05, 4.69) is 48.8 Å². The van der Waals surface area contributed by atoms with E-state index >= 15 is 0 Å². The maximum Gasteiger partial charge on any atom is 0.0665 e. The highest BCUT2D eigenvalue weighted by Crippen LogP contribution is 2.15. The number of hydrogen-bond donors (Lipinski definition) is 1. The smallest absolute Gasteiger partial charge is 0.0665 e. The summed E-state index contributed by atoms with van der Waals surface area (Å²) in [5.74, 6) is 0. The van der Waals surface area contributed by atoms with Crippen molar-refractivity contribution < 1.29 is 0 Å². The quantitative estimate of drug-likeness (QED) is 0.418. The van der Waals surface area contributed by atoms with Crippen LogP contribution in [0.3, 0.4) is 0 Å². The number of thiol groups is 1. The van der Waals surface area contributed by atoms with Gasteiger partial charge in [0.25, 0.3) is 0 Å². The molecule has 0 saturated carbocycles. The Morgan fingerprint density at radius 2 is 1.92 bits per heavy atom. The zero-order valence-electron chi connectivity index (χ0n) is 7.86. The van der Waals surface area contributed by atoms with Gasteiger partial charge in [0.2, 0.25) is 0 Å². The normalized spacial score (nSPS) is 12.4. The molecule has 1 rings (SSSR count). The molecule has 0 spiro atoms. The number of aryl methyl sites for hydroxylation is 1. The van der Waals surface area contributed by atoms with Gasteiger partial charge in [-0.15, -0.1) is 12.6 Å². The van der Waals surface area contributed by atoms with Crippen molar-refractivity contribution in [1.82, 2.24) is 0 Å². The molecule has 0 atom stereocenters. The molecule has 1 aromatic carbocycles. The Bertz CT molecular complexity index is 322. The molecule has 0 unspecified atom stereocenters. The van der Waals surface area contributed by atoms with Gasteiger partial charge in [-0.2, -0.15) is 0 Å². The molecule has 0 radical (unpaired) electrons. The largest absolute Gasteiger partial charge is 0.250 e. The molecule has 13 heavy (non-hydrogen) atoms. The summed E-state index contributed by atoms with van der Waals surface area (Å²) in [7, 11) is 0. The van der Waals surface area contributed by atoms with E-state index < -0.39 is 0 Å². The SMILES string of the molecule is C/C=C(\N=C/S)c1ccc(C)cc1. The van der Waals surface area contributed by atoms with Gasteiger partial charge in [-0.25, -0.2) is 0 Å². The number of aliphatic imine (C=N–C) groups is 1. The van der Waals surface area contributed by atoms with Crippen molar-refractivity contribution in [2.75, 3.05) is 0 Å². The van der Waals surface area contributed by atoms with E-state index in [1.54, 1.807) is 0 Å². The Labute approximate surface area is 84.6 Å². The molecular weight excluding hydrogens is 178 g/mol. The summed E-state index contributed by atoms with van der Waals surface area (Å²) in [4.78, 5) is 4.14. The second-order valence-corrected chi connectivity index (χ2v) is 3.02. The Kier molecular flexibility index (Phi) is 3.77. The summed E-state index contributed by atoms with van der Waals surface area (Å²) < 4.78 is 0. The van der Waals surface area contributed by atoms with Gasteiger partial charge in [-0.05, 0) is 19.4 Å². The summed E-state index contributed by atoms with van der Waals surface area (Å²) in [5, 5.41) is 0. The second-order valence-electron chi connectivity index (χ2n) is 2.78. The van der Waals surface area contributed by atoms with Crippen molar-refractivity contribution in [3.05, 3.63) is 41.5 Å². The monoisotopic (exact) mass is 191 g/mol. The predicted octanol–water partition coefficient (Wildman–Crippen LogP) is 3.31. The van der Waals surface area contributed by atoms with E-state index in [1.165, 1.54) is 11.1 Å². The summed E-state index contributed by atoms with van der Waals surface area (Å²) in [6.45, 7) is 4.04. The minimum absolute atomic E-state index is 0.954. The fourth-order valence-electron chi connectivity index (χ4n) is 1.10. The van der Waals surface area contributed by atoms with E-state index in [1.807, 2.05) is 13.0 Å². The molecule has 1 nitrogen and oxygen atoms in total. The lowest BCUT2D eigenvalue weighted by Gasteiger charge is -2.00. The molecule has 68 valence electrons. The van der Waals surface area contributed by atoms with Gasteiger partial charge in [0.1, 0.15) is 0 Å². The van der Waals surface area contributed by atoms with Gasteiger partial charge in [-0.3, -0.25) is 4.99 Å². The van der Waals surface area contributed by atoms with Crippen LogP contribution in [0.1, 0.15) is 18.1 Å². The van der Waals surface area contributed by atoms with Crippen LogP contribution in [0.15, 0.2) is 35.3 Å². The van der Waals surface area contributed by atoms with Crippen molar-refractivity contribution in [3.8, 4) is 0 Å². The summed E-state index contributed by atoms with van der Waals surface area (Å²) in [6, 6.07) is 8.27. The minimum Gasteiger partial charge on any atom is -0.250 e. The third kappa shape index (κ3) is 2.74. The molecule has 0 aromatic heterocycles. The van der Waals surface area contributed by atoms with Gasteiger partial charge in [0.15, 0.2) is 0 Å². The third-order valence-electron chi connectivity index (χ3n) is 1.82. The van der Waals surface area contributed by atoms with Crippen LogP contribution >= 0.6 is 12.6 Å². The number of hydrogen-bond acceptors (Lipinski definition) is 1. The second kappa shape index (κ2) is 4.87. The van der Waals surface area contributed by atoms with E-state index in [-0.39, 0.29) is 0 Å². The van der Waals surface area contributed by atoms with Crippen LogP contribution in [0, 0.1) is 6.92 Å². The van der Waals surface area contributed by atoms with Crippen LogP contribution in [0.2, 0.25) is 0 Å². The first-order valence-electron chi connectivity index (χ1n) is 4.18. The van der Waals surface area contributed by atoms with Crippen molar-refractivity contribution >= 4 is 23.9 Å². The number of allylic oxidation sites excluding steroid dienone is 1. The Morgan fingerprint density at radius 1 is 1.31 bits per heavy atom. The fraction of sp³-hybridized carbons (Fsp3) is 0.182.